The van der Waals surface area contributed by atoms with E-state index >= 15 is 0 Å². The fourth-order valence-electron chi connectivity index (χ4n) is 6.22. The quantitative estimate of drug-likeness (QED) is 0.0891. The van der Waals surface area contributed by atoms with Crippen LogP contribution >= 0.6 is 0 Å². The summed E-state index contributed by atoms with van der Waals surface area (Å²) in [6.07, 6.45) is 9.14. The lowest BCUT2D eigenvalue weighted by Crippen LogP contribution is -2.31. The molecule has 2 heterocycles. The van der Waals surface area contributed by atoms with Crippen LogP contribution in [-0.2, 0) is 28.5 Å². The summed E-state index contributed by atoms with van der Waals surface area (Å²) in [5, 5.41) is 0. The molecule has 2 aliphatic heterocycles. The normalized spacial score (nSPS) is 28.7. The molecule has 2 aromatic carbocycles. The van der Waals surface area contributed by atoms with Gasteiger partial charge in [0.15, 0.2) is 6.79 Å². The van der Waals surface area contributed by atoms with Gasteiger partial charge in [-0.3, -0.25) is 4.79 Å². The maximum Gasteiger partial charge on any atom is 0.314 e. The van der Waals surface area contributed by atoms with Gasteiger partial charge >= 0.3 is 5.97 Å². The first-order valence-electron chi connectivity index (χ1n) is 15.4. The van der Waals surface area contributed by atoms with E-state index in [1.165, 1.54) is 18.9 Å². The second-order valence-corrected chi connectivity index (χ2v) is 11.9. The molecule has 0 N–H and O–H groups in total. The molecule has 2 saturated carbocycles. The summed E-state index contributed by atoms with van der Waals surface area (Å²) in [5.41, 5.74) is 1.14. The van der Waals surface area contributed by atoms with Crippen molar-refractivity contribution in [3.05, 3.63) is 48.3 Å². The number of halogens is 1. The van der Waals surface area contributed by atoms with Crippen LogP contribution < -0.4 is 9.47 Å². The Hall–Kier alpha value is -2.56. The minimum Gasteiger partial charge on any atom is -0.467 e. The summed E-state index contributed by atoms with van der Waals surface area (Å²) < 4.78 is 52.9. The molecule has 2 aromatic rings. The average Bonchev–Trinajstić information content (AvgIpc) is 3.95. The van der Waals surface area contributed by atoms with Crippen LogP contribution in [0.15, 0.2) is 42.5 Å². The van der Waals surface area contributed by atoms with Crippen LogP contribution in [0.4, 0.5) is 4.39 Å². The van der Waals surface area contributed by atoms with Gasteiger partial charge in [0.1, 0.15) is 36.3 Å². The largest absolute Gasteiger partial charge is 0.467 e. The Morgan fingerprint density at radius 3 is 1.98 bits per heavy atom. The van der Waals surface area contributed by atoms with Gasteiger partial charge in [0, 0.05) is 11.6 Å². The lowest BCUT2D eigenvalue weighted by atomic mass is 9.70. The third-order valence-corrected chi connectivity index (χ3v) is 8.92. The highest BCUT2D eigenvalue weighted by molar-refractivity contribution is 5.75. The van der Waals surface area contributed by atoms with Gasteiger partial charge in [0.05, 0.1) is 38.4 Å². The highest BCUT2D eigenvalue weighted by Gasteiger charge is 2.34. The van der Waals surface area contributed by atoms with Crippen LogP contribution in [-0.4, -0.2) is 64.3 Å². The molecule has 4 fully saturated rings. The van der Waals surface area contributed by atoms with E-state index < -0.39 is 5.82 Å². The van der Waals surface area contributed by atoms with E-state index in [1.807, 2.05) is 0 Å². The van der Waals surface area contributed by atoms with E-state index in [1.54, 1.807) is 36.4 Å². The predicted molar refractivity (Wildman–Crippen MR) is 151 cm³/mol. The Balaban J connectivity index is 0.899. The smallest absolute Gasteiger partial charge is 0.314 e. The van der Waals surface area contributed by atoms with Crippen LogP contribution in [0.25, 0.3) is 11.1 Å². The molecule has 228 valence electrons. The summed E-state index contributed by atoms with van der Waals surface area (Å²) in [5.74, 6) is 1.64. The summed E-state index contributed by atoms with van der Waals surface area (Å²) in [7, 11) is 0. The molecule has 0 radical (unpaired) electrons. The first kappa shape index (κ1) is 29.5. The summed E-state index contributed by atoms with van der Waals surface area (Å²) in [6.45, 7) is 3.04. The molecule has 2 aliphatic carbocycles. The van der Waals surface area contributed by atoms with Crippen molar-refractivity contribution in [1.82, 2.24) is 0 Å². The Kier molecular flexibility index (Phi) is 10.0. The highest BCUT2D eigenvalue weighted by atomic mass is 19.1. The van der Waals surface area contributed by atoms with Gasteiger partial charge in [-0.05, 0) is 93.0 Å². The van der Waals surface area contributed by atoms with E-state index in [0.29, 0.717) is 60.6 Å². The Bertz CT molecular complexity index is 1150. The van der Waals surface area contributed by atoms with Crippen molar-refractivity contribution < 1.29 is 42.3 Å². The Morgan fingerprint density at radius 2 is 1.36 bits per heavy atom. The number of epoxide rings is 2. The minimum absolute atomic E-state index is 0.0459. The zero-order valence-electron chi connectivity index (χ0n) is 24.0. The van der Waals surface area contributed by atoms with Crippen molar-refractivity contribution in [1.29, 1.82) is 0 Å². The molecule has 2 unspecified atom stereocenters. The lowest BCUT2D eigenvalue weighted by molar-refractivity contribution is -0.140. The summed E-state index contributed by atoms with van der Waals surface area (Å²) >= 11 is 0. The van der Waals surface area contributed by atoms with E-state index in [4.69, 9.17) is 33.2 Å². The Labute approximate surface area is 246 Å². The molecule has 8 nitrogen and oxygen atoms in total. The van der Waals surface area contributed by atoms with E-state index in [0.717, 1.165) is 51.7 Å². The second kappa shape index (κ2) is 14.3. The topological polar surface area (TPSA) is 88.3 Å². The van der Waals surface area contributed by atoms with Gasteiger partial charge in [-0.15, -0.1) is 0 Å². The van der Waals surface area contributed by atoms with Crippen LogP contribution in [0, 0.1) is 23.6 Å². The third-order valence-electron chi connectivity index (χ3n) is 8.92. The summed E-state index contributed by atoms with van der Waals surface area (Å²) in [6, 6.07) is 11.7. The minimum atomic E-state index is -0.394. The first-order valence-corrected chi connectivity index (χ1v) is 15.4. The molecule has 4 aliphatic rings. The van der Waals surface area contributed by atoms with Crippen molar-refractivity contribution in [3.8, 4) is 22.6 Å². The number of carbonyl (C=O) groups excluding carboxylic acids is 1. The van der Waals surface area contributed by atoms with E-state index in [9.17, 15) is 9.18 Å². The molecule has 0 bridgehead atoms. The monoisotopic (exact) mass is 584 g/mol. The molecule has 2 saturated heterocycles. The Morgan fingerprint density at radius 1 is 0.762 bits per heavy atom. The third kappa shape index (κ3) is 8.51. The molecule has 0 amide bonds. The van der Waals surface area contributed by atoms with Crippen molar-refractivity contribution in [2.75, 3.05) is 40.0 Å². The van der Waals surface area contributed by atoms with Crippen molar-refractivity contribution in [3.63, 3.8) is 0 Å². The van der Waals surface area contributed by atoms with Crippen LogP contribution in [0.5, 0.6) is 11.5 Å². The van der Waals surface area contributed by atoms with Crippen LogP contribution in [0.3, 0.4) is 0 Å². The predicted octanol–water partition coefficient (Wildman–Crippen LogP) is 5.90. The molecule has 2 atom stereocenters. The van der Waals surface area contributed by atoms with Crippen LogP contribution in [0.1, 0.15) is 51.4 Å². The molecule has 6 rings (SSSR count). The molecular weight excluding hydrogens is 543 g/mol. The number of carbonyl (C=O) groups is 1. The van der Waals surface area contributed by atoms with Crippen molar-refractivity contribution in [2.45, 2.75) is 69.7 Å². The molecule has 9 heteroatoms. The summed E-state index contributed by atoms with van der Waals surface area (Å²) in [4.78, 5) is 12.9. The van der Waals surface area contributed by atoms with Gasteiger partial charge in [-0.2, -0.15) is 0 Å². The average molecular weight is 585 g/mol. The fourth-order valence-corrected chi connectivity index (χ4v) is 6.22. The van der Waals surface area contributed by atoms with Crippen molar-refractivity contribution >= 4 is 5.97 Å². The highest BCUT2D eigenvalue weighted by Crippen LogP contribution is 2.41. The number of ether oxygens (including phenoxy) is 7. The number of esters is 1. The van der Waals surface area contributed by atoms with Gasteiger partial charge in [0.25, 0.3) is 0 Å². The number of benzene rings is 2. The second-order valence-electron chi connectivity index (χ2n) is 11.9. The fraction of sp³-hybridized carbons (Fsp3) is 0.606. The van der Waals surface area contributed by atoms with Gasteiger partial charge in [-0.1, -0.05) is 12.1 Å². The van der Waals surface area contributed by atoms with Gasteiger partial charge < -0.3 is 33.2 Å². The van der Waals surface area contributed by atoms with Gasteiger partial charge in [-0.25, -0.2) is 4.39 Å². The van der Waals surface area contributed by atoms with E-state index in [2.05, 4.69) is 0 Å². The maximum atomic E-state index is 14.8. The molecular formula is C33H41FO8. The number of hydrogen-bond acceptors (Lipinski definition) is 8. The molecule has 0 aromatic heterocycles. The number of rotatable bonds is 14. The lowest BCUT2D eigenvalue weighted by Gasteiger charge is -2.37. The van der Waals surface area contributed by atoms with Crippen molar-refractivity contribution in [2.24, 2.45) is 17.8 Å². The number of hydrogen-bond donors (Lipinski definition) is 0. The van der Waals surface area contributed by atoms with E-state index in [-0.39, 0.29) is 30.9 Å². The van der Waals surface area contributed by atoms with Gasteiger partial charge in [0.2, 0.25) is 0 Å². The SMILES string of the molecule is O=C(Oc1ccc(-c2ccc(OCOCC3CO3)cc2F)cc1)C1CCC(C2CCC(OCOCC3CO3)CC2)CC1. The molecule has 0 spiro atoms. The van der Waals surface area contributed by atoms with Crippen LogP contribution in [0.2, 0.25) is 0 Å². The standard InChI is InChI=1S/C33H41FO8/c34-32-15-28(41-21-37-17-30-19-39-30)13-14-31(32)24-7-11-27(12-8-24)42-33(35)25-3-1-22(2-4-25)23-5-9-26(10-6-23)40-20-36-16-29-18-38-29/h7-8,11-15,22-23,25-26,29-30H,1-6,9-10,16-21H2. The zero-order valence-corrected chi connectivity index (χ0v) is 24.0. The zero-order chi connectivity index (χ0) is 28.7. The maximum absolute atomic E-state index is 14.8. The molecule has 42 heavy (non-hydrogen) atoms. The first-order chi connectivity index (χ1) is 20.6.